The summed E-state index contributed by atoms with van der Waals surface area (Å²) in [7, 11) is 3.24. The number of carbonyl (C=O) groups excluding carboxylic acids is 1. The lowest BCUT2D eigenvalue weighted by molar-refractivity contribution is -0.114. The molecule has 0 aromatic heterocycles. The summed E-state index contributed by atoms with van der Waals surface area (Å²) in [4.78, 5) is 11.3. The molecule has 20 heavy (non-hydrogen) atoms. The Bertz CT molecular complexity index is 606. The Morgan fingerprint density at radius 1 is 0.950 bits per heavy atom. The van der Waals surface area contributed by atoms with Gasteiger partial charge in [-0.3, -0.25) is 4.79 Å². The standard InChI is InChI=1S/C16H17NO3/c1-11(18)17-16-9-8-14(20-3)10-15(16)12-4-6-13(19-2)7-5-12/h4-10H,1-3H3,(H,17,18). The molecule has 2 aromatic carbocycles. The molecule has 0 heterocycles. The molecule has 1 amide bonds. The van der Waals surface area contributed by atoms with Crippen LogP contribution >= 0.6 is 0 Å². The highest BCUT2D eigenvalue weighted by Gasteiger charge is 2.08. The van der Waals surface area contributed by atoms with Gasteiger partial charge in [-0.25, -0.2) is 0 Å². The normalized spacial score (nSPS) is 9.95. The van der Waals surface area contributed by atoms with Crippen molar-refractivity contribution in [3.05, 3.63) is 42.5 Å². The monoisotopic (exact) mass is 271 g/mol. The Morgan fingerprint density at radius 3 is 2.10 bits per heavy atom. The van der Waals surface area contributed by atoms with E-state index in [-0.39, 0.29) is 5.91 Å². The van der Waals surface area contributed by atoms with Gasteiger partial charge in [0.2, 0.25) is 5.91 Å². The Morgan fingerprint density at radius 2 is 1.55 bits per heavy atom. The molecule has 0 aliphatic heterocycles. The van der Waals surface area contributed by atoms with Crippen molar-refractivity contribution in [3.63, 3.8) is 0 Å². The van der Waals surface area contributed by atoms with Crippen LogP contribution in [0.3, 0.4) is 0 Å². The van der Waals surface area contributed by atoms with Gasteiger partial charge < -0.3 is 14.8 Å². The molecule has 4 nitrogen and oxygen atoms in total. The fourth-order valence-electron chi connectivity index (χ4n) is 1.96. The van der Waals surface area contributed by atoms with Crippen molar-refractivity contribution in [2.24, 2.45) is 0 Å². The summed E-state index contributed by atoms with van der Waals surface area (Å²) in [6.07, 6.45) is 0. The molecule has 0 saturated heterocycles. The topological polar surface area (TPSA) is 47.6 Å². The fraction of sp³-hybridized carbons (Fsp3) is 0.188. The van der Waals surface area contributed by atoms with Crippen molar-refractivity contribution in [3.8, 4) is 22.6 Å². The summed E-state index contributed by atoms with van der Waals surface area (Å²) in [6, 6.07) is 13.2. The van der Waals surface area contributed by atoms with Crippen LogP contribution in [0.4, 0.5) is 5.69 Å². The zero-order valence-corrected chi connectivity index (χ0v) is 11.8. The second-order valence-electron chi connectivity index (χ2n) is 4.32. The number of rotatable bonds is 4. The van der Waals surface area contributed by atoms with Gasteiger partial charge in [-0.2, -0.15) is 0 Å². The quantitative estimate of drug-likeness (QED) is 0.927. The predicted octanol–water partition coefficient (Wildman–Crippen LogP) is 3.33. The SMILES string of the molecule is COc1ccc(-c2cc(OC)ccc2NC(C)=O)cc1. The molecule has 0 aliphatic carbocycles. The summed E-state index contributed by atoms with van der Waals surface area (Å²) in [5, 5.41) is 2.83. The molecular formula is C16H17NO3. The minimum absolute atomic E-state index is 0.107. The van der Waals surface area contributed by atoms with E-state index in [1.165, 1.54) is 6.92 Å². The Balaban J connectivity index is 2.47. The minimum Gasteiger partial charge on any atom is -0.497 e. The van der Waals surface area contributed by atoms with Crippen molar-refractivity contribution < 1.29 is 14.3 Å². The first-order chi connectivity index (χ1) is 9.63. The first kappa shape index (κ1) is 13.9. The summed E-state index contributed by atoms with van der Waals surface area (Å²) in [6.45, 7) is 1.49. The molecule has 1 N–H and O–H groups in total. The van der Waals surface area contributed by atoms with Crippen LogP contribution in [0, 0.1) is 0 Å². The number of ether oxygens (including phenoxy) is 2. The van der Waals surface area contributed by atoms with E-state index in [0.29, 0.717) is 0 Å². The minimum atomic E-state index is -0.107. The average molecular weight is 271 g/mol. The molecule has 0 unspecified atom stereocenters. The lowest BCUT2D eigenvalue weighted by Crippen LogP contribution is -2.07. The van der Waals surface area contributed by atoms with Crippen LogP contribution in [0.15, 0.2) is 42.5 Å². The molecule has 4 heteroatoms. The van der Waals surface area contributed by atoms with Gasteiger partial charge >= 0.3 is 0 Å². The average Bonchev–Trinajstić information content (AvgIpc) is 2.47. The lowest BCUT2D eigenvalue weighted by Gasteiger charge is -2.12. The highest BCUT2D eigenvalue weighted by atomic mass is 16.5. The number of hydrogen-bond donors (Lipinski definition) is 1. The van der Waals surface area contributed by atoms with Gasteiger partial charge in [-0.1, -0.05) is 12.1 Å². The second kappa shape index (κ2) is 6.10. The number of carbonyl (C=O) groups is 1. The largest absolute Gasteiger partial charge is 0.497 e. The van der Waals surface area contributed by atoms with Gasteiger partial charge in [0.1, 0.15) is 11.5 Å². The molecule has 2 aromatic rings. The number of hydrogen-bond acceptors (Lipinski definition) is 3. The number of methoxy groups -OCH3 is 2. The van der Waals surface area contributed by atoms with Crippen LogP contribution in [0.1, 0.15) is 6.92 Å². The highest BCUT2D eigenvalue weighted by molar-refractivity contribution is 5.94. The van der Waals surface area contributed by atoms with Crippen LogP contribution < -0.4 is 14.8 Å². The van der Waals surface area contributed by atoms with Crippen LogP contribution in [0.25, 0.3) is 11.1 Å². The number of nitrogens with one attached hydrogen (secondary N) is 1. The predicted molar refractivity (Wildman–Crippen MR) is 79.3 cm³/mol. The molecule has 104 valence electrons. The Hall–Kier alpha value is -2.49. The highest BCUT2D eigenvalue weighted by Crippen LogP contribution is 2.32. The smallest absolute Gasteiger partial charge is 0.221 e. The number of anilines is 1. The maximum absolute atomic E-state index is 11.3. The van der Waals surface area contributed by atoms with Crippen molar-refractivity contribution in [2.75, 3.05) is 19.5 Å². The third-order valence-corrected chi connectivity index (χ3v) is 2.94. The van der Waals surface area contributed by atoms with E-state index >= 15 is 0 Å². The van der Waals surface area contributed by atoms with Gasteiger partial charge in [0.15, 0.2) is 0 Å². The number of benzene rings is 2. The first-order valence-electron chi connectivity index (χ1n) is 6.24. The van der Waals surface area contributed by atoms with Crippen molar-refractivity contribution in [2.45, 2.75) is 6.92 Å². The maximum Gasteiger partial charge on any atom is 0.221 e. The van der Waals surface area contributed by atoms with Gasteiger partial charge in [0, 0.05) is 18.2 Å². The third kappa shape index (κ3) is 3.09. The van der Waals surface area contributed by atoms with E-state index in [9.17, 15) is 4.79 Å². The molecule has 0 atom stereocenters. The number of amides is 1. The van der Waals surface area contributed by atoms with Gasteiger partial charge in [-0.15, -0.1) is 0 Å². The van der Waals surface area contributed by atoms with Crippen LogP contribution in [0.5, 0.6) is 11.5 Å². The zero-order chi connectivity index (χ0) is 14.5. The molecule has 0 saturated carbocycles. The Kier molecular flexibility index (Phi) is 4.25. The van der Waals surface area contributed by atoms with E-state index in [4.69, 9.17) is 9.47 Å². The van der Waals surface area contributed by atoms with Gasteiger partial charge in [-0.05, 0) is 35.9 Å². The summed E-state index contributed by atoms with van der Waals surface area (Å²) in [5.74, 6) is 1.42. The molecule has 2 rings (SSSR count). The van der Waals surface area contributed by atoms with E-state index in [2.05, 4.69) is 5.32 Å². The van der Waals surface area contributed by atoms with E-state index < -0.39 is 0 Å². The summed E-state index contributed by atoms with van der Waals surface area (Å²) in [5.41, 5.74) is 2.64. The van der Waals surface area contributed by atoms with Crippen molar-refractivity contribution >= 4 is 11.6 Å². The zero-order valence-electron chi connectivity index (χ0n) is 11.8. The summed E-state index contributed by atoms with van der Waals surface area (Å²) < 4.78 is 10.4. The second-order valence-corrected chi connectivity index (χ2v) is 4.32. The molecular weight excluding hydrogens is 254 g/mol. The molecule has 0 radical (unpaired) electrons. The van der Waals surface area contributed by atoms with E-state index in [0.717, 1.165) is 28.3 Å². The molecule has 0 bridgehead atoms. The van der Waals surface area contributed by atoms with Crippen molar-refractivity contribution in [1.82, 2.24) is 0 Å². The van der Waals surface area contributed by atoms with E-state index in [1.807, 2.05) is 42.5 Å². The van der Waals surface area contributed by atoms with Crippen molar-refractivity contribution in [1.29, 1.82) is 0 Å². The summed E-state index contributed by atoms with van der Waals surface area (Å²) >= 11 is 0. The van der Waals surface area contributed by atoms with Gasteiger partial charge in [0.25, 0.3) is 0 Å². The van der Waals surface area contributed by atoms with Crippen LogP contribution in [0.2, 0.25) is 0 Å². The van der Waals surface area contributed by atoms with E-state index in [1.54, 1.807) is 14.2 Å². The van der Waals surface area contributed by atoms with Crippen LogP contribution in [-0.4, -0.2) is 20.1 Å². The fourth-order valence-corrected chi connectivity index (χ4v) is 1.96. The maximum atomic E-state index is 11.3. The molecule has 0 spiro atoms. The van der Waals surface area contributed by atoms with Crippen LogP contribution in [-0.2, 0) is 4.79 Å². The third-order valence-electron chi connectivity index (χ3n) is 2.94. The lowest BCUT2D eigenvalue weighted by atomic mass is 10.0. The Labute approximate surface area is 118 Å². The van der Waals surface area contributed by atoms with Gasteiger partial charge in [0.05, 0.1) is 14.2 Å². The molecule has 0 aliphatic rings. The first-order valence-corrected chi connectivity index (χ1v) is 6.24. The molecule has 0 fully saturated rings.